The molecule has 2 amide bonds. The van der Waals surface area contributed by atoms with E-state index < -0.39 is 0 Å². The Morgan fingerprint density at radius 2 is 1.75 bits per heavy atom. The summed E-state index contributed by atoms with van der Waals surface area (Å²) >= 11 is 0. The van der Waals surface area contributed by atoms with Crippen LogP contribution in [0.1, 0.15) is 24.0 Å². The third-order valence-corrected chi connectivity index (χ3v) is 3.24. The Kier molecular flexibility index (Phi) is 3.06. The number of benzene rings is 1. The maximum absolute atomic E-state index is 11.6. The first-order valence-electron chi connectivity index (χ1n) is 6.44. The van der Waals surface area contributed by atoms with Crippen LogP contribution in [-0.4, -0.2) is 26.6 Å². The third kappa shape index (κ3) is 2.32. The second-order valence-electron chi connectivity index (χ2n) is 4.85. The number of amides is 2. The lowest BCUT2D eigenvalue weighted by molar-refractivity contribution is -0.121. The fraction of sp³-hybridized carbons (Fsp3) is 0.286. The first kappa shape index (κ1) is 12.5. The molecule has 1 aliphatic rings. The van der Waals surface area contributed by atoms with Crippen LogP contribution in [0.15, 0.2) is 30.6 Å². The molecule has 0 spiro atoms. The predicted octanol–water partition coefficient (Wildman–Crippen LogP) is 1.29. The maximum Gasteiger partial charge on any atom is 0.258 e. The van der Waals surface area contributed by atoms with E-state index in [0.717, 1.165) is 10.5 Å². The second-order valence-corrected chi connectivity index (χ2v) is 4.85. The smallest absolute Gasteiger partial charge is 0.258 e. The number of carbonyl (C=O) groups excluding carboxylic acids is 2. The van der Waals surface area contributed by atoms with Gasteiger partial charge in [-0.25, -0.2) is 9.58 Å². The highest BCUT2D eigenvalue weighted by Gasteiger charge is 2.32. The van der Waals surface area contributed by atoms with Crippen LogP contribution in [0.5, 0.6) is 0 Å². The van der Waals surface area contributed by atoms with Crippen LogP contribution in [0.4, 0.5) is 5.95 Å². The van der Waals surface area contributed by atoms with Gasteiger partial charge in [-0.2, -0.15) is 4.98 Å². The quantitative estimate of drug-likeness (QED) is 0.788. The molecule has 0 atom stereocenters. The van der Waals surface area contributed by atoms with Crippen LogP contribution in [0.3, 0.4) is 0 Å². The summed E-state index contributed by atoms with van der Waals surface area (Å²) in [6.07, 6.45) is 2.02. The van der Waals surface area contributed by atoms with Crippen molar-refractivity contribution in [2.75, 3.05) is 4.90 Å². The molecule has 1 aromatic carbocycles. The lowest BCUT2D eigenvalue weighted by Gasteiger charge is -2.07. The maximum atomic E-state index is 11.6. The Hall–Kier alpha value is -2.50. The molecule has 3 rings (SSSR count). The van der Waals surface area contributed by atoms with Gasteiger partial charge in [0.2, 0.25) is 11.8 Å². The van der Waals surface area contributed by atoms with Gasteiger partial charge in [0.25, 0.3) is 5.95 Å². The van der Waals surface area contributed by atoms with E-state index in [0.29, 0.717) is 6.54 Å². The van der Waals surface area contributed by atoms with E-state index >= 15 is 0 Å². The number of nitrogens with zero attached hydrogens (tertiary/aromatic N) is 4. The predicted molar refractivity (Wildman–Crippen MR) is 72.0 cm³/mol. The van der Waals surface area contributed by atoms with E-state index in [2.05, 4.69) is 10.1 Å². The van der Waals surface area contributed by atoms with Crippen LogP contribution in [0, 0.1) is 6.92 Å². The normalized spacial score (nSPS) is 15.2. The zero-order chi connectivity index (χ0) is 14.1. The van der Waals surface area contributed by atoms with Crippen molar-refractivity contribution in [1.82, 2.24) is 14.8 Å². The molecule has 102 valence electrons. The van der Waals surface area contributed by atoms with Crippen molar-refractivity contribution in [1.29, 1.82) is 0 Å². The van der Waals surface area contributed by atoms with Crippen LogP contribution >= 0.6 is 0 Å². The number of hydrogen-bond donors (Lipinski definition) is 0. The molecule has 6 nitrogen and oxygen atoms in total. The zero-order valence-electron chi connectivity index (χ0n) is 11.1. The van der Waals surface area contributed by atoms with Crippen molar-refractivity contribution >= 4 is 17.8 Å². The number of imide groups is 1. The standard InChI is InChI=1S/C14H14N4O2/c1-10-2-4-11(5-3-10)8-17-9-15-14(16-17)18-12(19)6-7-13(18)20/h2-5,9H,6-8H2,1H3. The Morgan fingerprint density at radius 3 is 2.40 bits per heavy atom. The number of rotatable bonds is 3. The monoisotopic (exact) mass is 270 g/mol. The van der Waals surface area contributed by atoms with Gasteiger partial charge < -0.3 is 0 Å². The number of anilines is 1. The minimum Gasteiger partial charge on any atom is -0.274 e. The van der Waals surface area contributed by atoms with Crippen molar-refractivity contribution in [2.45, 2.75) is 26.3 Å². The first-order chi connectivity index (χ1) is 9.63. The molecule has 0 N–H and O–H groups in total. The van der Waals surface area contributed by atoms with Crippen LogP contribution in [0.25, 0.3) is 0 Å². The topological polar surface area (TPSA) is 68.1 Å². The molecule has 0 unspecified atom stereocenters. The molecule has 0 bridgehead atoms. The summed E-state index contributed by atoms with van der Waals surface area (Å²) in [6.45, 7) is 2.59. The highest BCUT2D eigenvalue weighted by Crippen LogP contribution is 2.18. The van der Waals surface area contributed by atoms with E-state index in [1.165, 1.54) is 11.9 Å². The van der Waals surface area contributed by atoms with Gasteiger partial charge in [0.15, 0.2) is 0 Å². The summed E-state index contributed by atoms with van der Waals surface area (Å²) < 4.78 is 1.62. The molecule has 2 aromatic rings. The van der Waals surface area contributed by atoms with E-state index in [4.69, 9.17) is 0 Å². The minimum atomic E-state index is -0.233. The first-order valence-corrected chi connectivity index (χ1v) is 6.44. The van der Waals surface area contributed by atoms with Gasteiger partial charge in [0.05, 0.1) is 6.54 Å². The summed E-state index contributed by atoms with van der Waals surface area (Å²) in [4.78, 5) is 28.3. The van der Waals surface area contributed by atoms with Crippen molar-refractivity contribution in [2.24, 2.45) is 0 Å². The van der Waals surface area contributed by atoms with Crippen LogP contribution < -0.4 is 4.90 Å². The molecule has 1 fully saturated rings. The van der Waals surface area contributed by atoms with E-state index in [9.17, 15) is 9.59 Å². The average Bonchev–Trinajstić information content (AvgIpc) is 3.00. The molecule has 0 saturated carbocycles. The molecule has 1 aromatic heterocycles. The highest BCUT2D eigenvalue weighted by atomic mass is 16.2. The van der Waals surface area contributed by atoms with Gasteiger partial charge in [-0.05, 0) is 12.5 Å². The Bertz CT molecular complexity index is 644. The molecule has 2 heterocycles. The largest absolute Gasteiger partial charge is 0.274 e. The Balaban J connectivity index is 1.78. The zero-order valence-corrected chi connectivity index (χ0v) is 11.1. The Labute approximate surface area is 116 Å². The molecular formula is C14H14N4O2. The summed E-state index contributed by atoms with van der Waals surface area (Å²) in [5, 5.41) is 4.20. The van der Waals surface area contributed by atoms with E-state index in [1.807, 2.05) is 31.2 Å². The second kappa shape index (κ2) is 4.88. The fourth-order valence-corrected chi connectivity index (χ4v) is 2.14. The van der Waals surface area contributed by atoms with E-state index in [-0.39, 0.29) is 30.6 Å². The number of hydrogen-bond acceptors (Lipinski definition) is 4. The molecule has 1 saturated heterocycles. The van der Waals surface area contributed by atoms with Crippen LogP contribution in [0.2, 0.25) is 0 Å². The fourth-order valence-electron chi connectivity index (χ4n) is 2.14. The van der Waals surface area contributed by atoms with Crippen LogP contribution in [-0.2, 0) is 16.1 Å². The van der Waals surface area contributed by atoms with Gasteiger partial charge >= 0.3 is 0 Å². The Morgan fingerprint density at radius 1 is 1.10 bits per heavy atom. The lowest BCUT2D eigenvalue weighted by atomic mass is 10.1. The van der Waals surface area contributed by atoms with Gasteiger partial charge in [-0.15, -0.1) is 5.10 Å². The molecular weight excluding hydrogens is 256 g/mol. The van der Waals surface area contributed by atoms with Crippen molar-refractivity contribution < 1.29 is 9.59 Å². The minimum absolute atomic E-state index is 0.171. The van der Waals surface area contributed by atoms with Gasteiger partial charge in [-0.3, -0.25) is 9.59 Å². The summed E-state index contributed by atoms with van der Waals surface area (Å²) in [5.74, 6) is -0.296. The lowest BCUT2D eigenvalue weighted by Crippen LogP contribution is -2.29. The number of carbonyl (C=O) groups is 2. The molecule has 20 heavy (non-hydrogen) atoms. The SMILES string of the molecule is Cc1ccc(Cn2cnc(N3C(=O)CCC3=O)n2)cc1. The van der Waals surface area contributed by atoms with Gasteiger partial charge in [-0.1, -0.05) is 29.8 Å². The summed E-state index contributed by atoms with van der Waals surface area (Å²) in [7, 11) is 0. The van der Waals surface area contributed by atoms with Gasteiger partial charge in [0.1, 0.15) is 6.33 Å². The number of aryl methyl sites for hydroxylation is 1. The molecule has 0 radical (unpaired) electrons. The van der Waals surface area contributed by atoms with Crippen molar-refractivity contribution in [3.63, 3.8) is 0 Å². The summed E-state index contributed by atoms with van der Waals surface area (Å²) in [5.41, 5.74) is 2.28. The third-order valence-electron chi connectivity index (χ3n) is 3.24. The van der Waals surface area contributed by atoms with Gasteiger partial charge in [0, 0.05) is 12.8 Å². The molecule has 1 aliphatic heterocycles. The molecule has 0 aliphatic carbocycles. The average molecular weight is 270 g/mol. The van der Waals surface area contributed by atoms with E-state index in [1.54, 1.807) is 4.68 Å². The highest BCUT2D eigenvalue weighted by molar-refractivity contribution is 6.18. The summed E-state index contributed by atoms with van der Waals surface area (Å²) in [6, 6.07) is 8.09. The number of aromatic nitrogens is 3. The van der Waals surface area contributed by atoms with Crippen molar-refractivity contribution in [3.05, 3.63) is 41.7 Å². The van der Waals surface area contributed by atoms with Crippen molar-refractivity contribution in [3.8, 4) is 0 Å². The molecule has 6 heteroatoms.